The summed E-state index contributed by atoms with van der Waals surface area (Å²) in [5.74, 6) is 0. The molecule has 1 N–H and O–H groups in total. The minimum atomic E-state index is 0.0752. The molecule has 0 amide bonds. The predicted octanol–water partition coefficient (Wildman–Crippen LogP) is 1.02. The number of aryl methyl sites for hydroxylation is 1. The lowest BCUT2D eigenvalue weighted by Gasteiger charge is -2.13. The van der Waals surface area contributed by atoms with E-state index in [9.17, 15) is 0 Å². The summed E-state index contributed by atoms with van der Waals surface area (Å²) < 4.78 is 2.05. The van der Waals surface area contributed by atoms with E-state index in [0.29, 0.717) is 0 Å². The molecule has 0 spiro atoms. The summed E-state index contributed by atoms with van der Waals surface area (Å²) in [5.41, 5.74) is 3.37. The SMILES string of the molecule is Cc1c(CO)nn2c1CCCC2. The third-order valence-corrected chi connectivity index (χ3v) is 2.60. The number of aliphatic hydroxyl groups is 1. The Hall–Kier alpha value is -0.830. The van der Waals surface area contributed by atoms with E-state index in [1.54, 1.807) is 0 Å². The van der Waals surface area contributed by atoms with Crippen molar-refractivity contribution in [1.29, 1.82) is 0 Å². The molecule has 0 bridgehead atoms. The normalized spacial score (nSPS) is 16.2. The molecule has 66 valence electrons. The zero-order valence-corrected chi connectivity index (χ0v) is 7.38. The summed E-state index contributed by atoms with van der Waals surface area (Å²) in [5, 5.41) is 13.3. The van der Waals surface area contributed by atoms with Gasteiger partial charge in [-0.2, -0.15) is 5.10 Å². The number of aliphatic hydroxyl groups excluding tert-OH is 1. The molecule has 1 aliphatic heterocycles. The lowest BCUT2D eigenvalue weighted by atomic mass is 10.1. The van der Waals surface area contributed by atoms with E-state index in [0.717, 1.165) is 18.7 Å². The highest BCUT2D eigenvalue weighted by molar-refractivity contribution is 5.25. The Balaban J connectivity index is 2.44. The molecule has 0 aliphatic carbocycles. The second-order valence-corrected chi connectivity index (χ2v) is 3.36. The number of hydrogen-bond acceptors (Lipinski definition) is 2. The van der Waals surface area contributed by atoms with Crippen LogP contribution in [-0.4, -0.2) is 14.9 Å². The lowest BCUT2D eigenvalue weighted by molar-refractivity contribution is 0.274. The van der Waals surface area contributed by atoms with Gasteiger partial charge in [0.2, 0.25) is 0 Å². The van der Waals surface area contributed by atoms with Gasteiger partial charge >= 0.3 is 0 Å². The first kappa shape index (κ1) is 7.80. The highest BCUT2D eigenvalue weighted by Gasteiger charge is 2.15. The van der Waals surface area contributed by atoms with Gasteiger partial charge in [0.25, 0.3) is 0 Å². The number of fused-ring (bicyclic) bond motifs is 1. The van der Waals surface area contributed by atoms with Crippen LogP contribution in [0.15, 0.2) is 0 Å². The van der Waals surface area contributed by atoms with Crippen LogP contribution in [-0.2, 0) is 19.6 Å². The third-order valence-electron chi connectivity index (χ3n) is 2.60. The number of nitrogens with zero attached hydrogens (tertiary/aromatic N) is 2. The molecule has 0 unspecified atom stereocenters. The Bertz CT molecular complexity index is 291. The van der Waals surface area contributed by atoms with Crippen molar-refractivity contribution in [3.63, 3.8) is 0 Å². The number of rotatable bonds is 1. The van der Waals surface area contributed by atoms with Crippen LogP contribution in [0.1, 0.15) is 29.8 Å². The Morgan fingerprint density at radius 3 is 3.00 bits per heavy atom. The van der Waals surface area contributed by atoms with E-state index >= 15 is 0 Å². The van der Waals surface area contributed by atoms with Crippen molar-refractivity contribution in [1.82, 2.24) is 9.78 Å². The molecule has 0 radical (unpaired) electrons. The summed E-state index contributed by atoms with van der Waals surface area (Å²) in [6.45, 7) is 3.15. The largest absolute Gasteiger partial charge is 0.390 e. The number of hydrogen-bond donors (Lipinski definition) is 1. The summed E-state index contributed by atoms with van der Waals surface area (Å²) in [6.07, 6.45) is 3.61. The average Bonchev–Trinajstić information content (AvgIpc) is 2.44. The molecule has 0 aromatic carbocycles. The molecule has 2 rings (SSSR count). The first-order valence-electron chi connectivity index (χ1n) is 4.49. The summed E-state index contributed by atoms with van der Waals surface area (Å²) in [4.78, 5) is 0. The molecule has 1 aromatic rings. The van der Waals surface area contributed by atoms with Crippen molar-refractivity contribution < 1.29 is 5.11 Å². The molecule has 0 atom stereocenters. The smallest absolute Gasteiger partial charge is 0.0910 e. The van der Waals surface area contributed by atoms with Crippen molar-refractivity contribution in [2.45, 2.75) is 39.3 Å². The molecule has 1 aromatic heterocycles. The molecule has 12 heavy (non-hydrogen) atoms. The maximum atomic E-state index is 8.99. The fourth-order valence-corrected chi connectivity index (χ4v) is 1.85. The van der Waals surface area contributed by atoms with Crippen LogP contribution in [0.2, 0.25) is 0 Å². The topological polar surface area (TPSA) is 38.1 Å². The standard InChI is InChI=1S/C9H14N2O/c1-7-8(6-12)10-11-5-3-2-4-9(7)11/h12H,2-6H2,1H3. The van der Waals surface area contributed by atoms with Gasteiger partial charge in [-0.3, -0.25) is 4.68 Å². The van der Waals surface area contributed by atoms with Crippen LogP contribution in [0.4, 0.5) is 0 Å². The predicted molar refractivity (Wildman–Crippen MR) is 45.8 cm³/mol. The van der Waals surface area contributed by atoms with Gasteiger partial charge in [0.1, 0.15) is 0 Å². The molecule has 3 nitrogen and oxygen atoms in total. The van der Waals surface area contributed by atoms with Crippen LogP contribution in [0, 0.1) is 6.92 Å². The average molecular weight is 166 g/mol. The van der Waals surface area contributed by atoms with Gasteiger partial charge in [0.15, 0.2) is 0 Å². The van der Waals surface area contributed by atoms with Gasteiger partial charge in [0, 0.05) is 12.2 Å². The Labute approximate surface area is 72.0 Å². The van der Waals surface area contributed by atoms with Crippen molar-refractivity contribution in [3.05, 3.63) is 17.0 Å². The zero-order valence-electron chi connectivity index (χ0n) is 7.38. The van der Waals surface area contributed by atoms with Gasteiger partial charge in [-0.05, 0) is 31.7 Å². The van der Waals surface area contributed by atoms with Crippen molar-refractivity contribution in [2.24, 2.45) is 0 Å². The second-order valence-electron chi connectivity index (χ2n) is 3.36. The zero-order chi connectivity index (χ0) is 8.55. The molecule has 0 saturated carbocycles. The highest BCUT2D eigenvalue weighted by atomic mass is 16.3. The molecular weight excluding hydrogens is 152 g/mol. The van der Waals surface area contributed by atoms with E-state index in [1.165, 1.54) is 24.1 Å². The van der Waals surface area contributed by atoms with E-state index in [2.05, 4.69) is 12.0 Å². The molecule has 0 saturated heterocycles. The highest BCUT2D eigenvalue weighted by Crippen LogP contribution is 2.20. The van der Waals surface area contributed by atoms with Gasteiger partial charge in [-0.1, -0.05) is 0 Å². The van der Waals surface area contributed by atoms with Gasteiger partial charge in [-0.15, -0.1) is 0 Å². The Morgan fingerprint density at radius 1 is 1.50 bits per heavy atom. The summed E-state index contributed by atoms with van der Waals surface area (Å²) in [7, 11) is 0. The first-order valence-corrected chi connectivity index (χ1v) is 4.49. The molecule has 1 aliphatic rings. The lowest BCUT2D eigenvalue weighted by Crippen LogP contribution is -2.11. The van der Waals surface area contributed by atoms with E-state index < -0.39 is 0 Å². The Morgan fingerprint density at radius 2 is 2.33 bits per heavy atom. The fourth-order valence-electron chi connectivity index (χ4n) is 1.85. The van der Waals surface area contributed by atoms with Crippen LogP contribution in [0.25, 0.3) is 0 Å². The van der Waals surface area contributed by atoms with E-state index in [-0.39, 0.29) is 6.61 Å². The summed E-state index contributed by atoms with van der Waals surface area (Å²) >= 11 is 0. The molecule has 0 fully saturated rings. The number of aromatic nitrogens is 2. The second kappa shape index (κ2) is 2.90. The van der Waals surface area contributed by atoms with Crippen molar-refractivity contribution in [2.75, 3.05) is 0 Å². The van der Waals surface area contributed by atoms with Crippen LogP contribution < -0.4 is 0 Å². The third kappa shape index (κ3) is 1.05. The quantitative estimate of drug-likeness (QED) is 0.676. The van der Waals surface area contributed by atoms with Gasteiger partial charge in [-0.25, -0.2) is 0 Å². The monoisotopic (exact) mass is 166 g/mol. The van der Waals surface area contributed by atoms with Gasteiger partial charge < -0.3 is 5.11 Å². The molecule has 3 heteroatoms. The summed E-state index contributed by atoms with van der Waals surface area (Å²) in [6, 6.07) is 0. The van der Waals surface area contributed by atoms with Crippen LogP contribution in [0.3, 0.4) is 0 Å². The van der Waals surface area contributed by atoms with E-state index in [1.807, 2.05) is 4.68 Å². The van der Waals surface area contributed by atoms with Crippen LogP contribution >= 0.6 is 0 Å². The Kier molecular flexibility index (Phi) is 1.89. The maximum absolute atomic E-state index is 8.99. The molecule has 2 heterocycles. The molecular formula is C9H14N2O. The van der Waals surface area contributed by atoms with Gasteiger partial charge in [0.05, 0.1) is 12.3 Å². The minimum absolute atomic E-state index is 0.0752. The minimum Gasteiger partial charge on any atom is -0.390 e. The fraction of sp³-hybridized carbons (Fsp3) is 0.667. The van der Waals surface area contributed by atoms with Crippen molar-refractivity contribution >= 4 is 0 Å². The maximum Gasteiger partial charge on any atom is 0.0910 e. The first-order chi connectivity index (χ1) is 5.83. The van der Waals surface area contributed by atoms with E-state index in [4.69, 9.17) is 5.11 Å². The van der Waals surface area contributed by atoms with Crippen molar-refractivity contribution in [3.8, 4) is 0 Å². The van der Waals surface area contributed by atoms with Crippen LogP contribution in [0.5, 0.6) is 0 Å².